The lowest BCUT2D eigenvalue weighted by Crippen LogP contribution is -2.39. The van der Waals surface area contributed by atoms with E-state index in [-0.39, 0.29) is 18.4 Å². The smallest absolute Gasteiger partial charge is 0.253 e. The lowest BCUT2D eigenvalue weighted by Gasteiger charge is -2.32. The molecule has 0 saturated carbocycles. The van der Waals surface area contributed by atoms with E-state index in [1.54, 1.807) is 25.4 Å². The maximum Gasteiger partial charge on any atom is 0.253 e. The monoisotopic (exact) mass is 393 g/mol. The van der Waals surface area contributed by atoms with Crippen molar-refractivity contribution in [2.45, 2.75) is 25.8 Å². The Bertz CT molecular complexity index is 873. The van der Waals surface area contributed by atoms with Crippen molar-refractivity contribution in [3.05, 3.63) is 72.1 Å². The van der Waals surface area contributed by atoms with Gasteiger partial charge in [0.25, 0.3) is 5.91 Å². The Morgan fingerprint density at radius 2 is 2.03 bits per heavy atom. The van der Waals surface area contributed by atoms with Crippen LogP contribution in [-0.2, 0) is 17.8 Å². The number of nitrogens with zero attached hydrogens (tertiary/aromatic N) is 2. The molecule has 1 aromatic heterocycles. The minimum Gasteiger partial charge on any atom is -0.496 e. The van der Waals surface area contributed by atoms with Gasteiger partial charge in [0, 0.05) is 24.8 Å². The van der Waals surface area contributed by atoms with Gasteiger partial charge in [-0.25, -0.2) is 0 Å². The molecule has 0 spiro atoms. The second kappa shape index (κ2) is 9.87. The number of methoxy groups -OCH3 is 1. The van der Waals surface area contributed by atoms with Crippen LogP contribution in [0.25, 0.3) is 0 Å². The number of piperidine rings is 1. The van der Waals surface area contributed by atoms with Gasteiger partial charge in [0.05, 0.1) is 19.3 Å². The number of hydrogen-bond acceptors (Lipinski definition) is 4. The molecule has 6 nitrogen and oxygen atoms in total. The summed E-state index contributed by atoms with van der Waals surface area (Å²) >= 11 is 0. The van der Waals surface area contributed by atoms with Gasteiger partial charge in [0.1, 0.15) is 5.75 Å². The average Bonchev–Trinajstić information content (AvgIpc) is 2.78. The maximum absolute atomic E-state index is 12.9. The minimum absolute atomic E-state index is 0.0134. The van der Waals surface area contributed by atoms with Gasteiger partial charge < -0.3 is 15.0 Å². The van der Waals surface area contributed by atoms with Gasteiger partial charge in [-0.05, 0) is 55.0 Å². The predicted octanol–water partition coefficient (Wildman–Crippen LogP) is 2.99. The molecule has 152 valence electrons. The molecule has 1 fully saturated rings. The number of para-hydroxylation sites is 1. The van der Waals surface area contributed by atoms with Gasteiger partial charge >= 0.3 is 0 Å². The fraction of sp³-hybridized carbons (Fsp3) is 0.348. The van der Waals surface area contributed by atoms with Crippen LogP contribution in [0.4, 0.5) is 0 Å². The number of nitrogens with one attached hydrogen (secondary N) is 1. The normalized spacial score (nSPS) is 14.3. The first kappa shape index (κ1) is 20.6. The Morgan fingerprint density at radius 1 is 1.28 bits per heavy atom. The SMILES string of the molecule is C=CC(=O)NCc1cc(C(=O)N2CCC(Cc3ccccc3OC)CC2)ccn1. The van der Waals surface area contributed by atoms with E-state index in [0.29, 0.717) is 17.2 Å². The van der Waals surface area contributed by atoms with Crippen LogP contribution >= 0.6 is 0 Å². The van der Waals surface area contributed by atoms with Crippen LogP contribution in [0, 0.1) is 5.92 Å². The van der Waals surface area contributed by atoms with Gasteiger partial charge in [0.2, 0.25) is 5.91 Å². The summed E-state index contributed by atoms with van der Waals surface area (Å²) in [5.41, 5.74) is 2.48. The molecule has 0 radical (unpaired) electrons. The number of rotatable bonds is 7. The molecular formula is C23H27N3O3. The molecule has 1 aliphatic rings. The van der Waals surface area contributed by atoms with Gasteiger partial charge in [-0.1, -0.05) is 24.8 Å². The van der Waals surface area contributed by atoms with Gasteiger partial charge in [-0.3, -0.25) is 14.6 Å². The van der Waals surface area contributed by atoms with Gasteiger partial charge in [-0.15, -0.1) is 0 Å². The van der Waals surface area contributed by atoms with Crippen LogP contribution in [0.15, 0.2) is 55.3 Å². The molecule has 29 heavy (non-hydrogen) atoms. The highest BCUT2D eigenvalue weighted by Crippen LogP contribution is 2.27. The fourth-order valence-corrected chi connectivity index (χ4v) is 3.66. The Balaban J connectivity index is 1.56. The molecule has 2 aromatic rings. The summed E-state index contributed by atoms with van der Waals surface area (Å²) in [5, 5.41) is 2.68. The maximum atomic E-state index is 12.9. The molecule has 3 rings (SSSR count). The molecule has 1 N–H and O–H groups in total. The quantitative estimate of drug-likeness (QED) is 0.734. The fourth-order valence-electron chi connectivity index (χ4n) is 3.66. The highest BCUT2D eigenvalue weighted by molar-refractivity contribution is 5.94. The third kappa shape index (κ3) is 5.44. The van der Waals surface area contributed by atoms with Crippen molar-refractivity contribution in [2.24, 2.45) is 5.92 Å². The van der Waals surface area contributed by atoms with E-state index < -0.39 is 0 Å². The zero-order valence-electron chi connectivity index (χ0n) is 16.8. The highest BCUT2D eigenvalue weighted by atomic mass is 16.5. The minimum atomic E-state index is -0.263. The number of carbonyl (C=O) groups is 2. The van der Waals surface area contributed by atoms with E-state index in [1.807, 2.05) is 23.1 Å². The van der Waals surface area contributed by atoms with E-state index in [0.717, 1.165) is 38.1 Å². The first-order valence-electron chi connectivity index (χ1n) is 9.87. The Morgan fingerprint density at radius 3 is 2.76 bits per heavy atom. The van der Waals surface area contributed by atoms with Crippen molar-refractivity contribution in [1.29, 1.82) is 0 Å². The number of aromatic nitrogens is 1. The summed E-state index contributed by atoms with van der Waals surface area (Å²) in [6.07, 6.45) is 5.73. The van der Waals surface area contributed by atoms with Gasteiger partial charge in [0.15, 0.2) is 0 Å². The van der Waals surface area contributed by atoms with Crippen LogP contribution in [0.3, 0.4) is 0 Å². The van der Waals surface area contributed by atoms with Crippen molar-refractivity contribution < 1.29 is 14.3 Å². The molecular weight excluding hydrogens is 366 g/mol. The van der Waals surface area contributed by atoms with Crippen molar-refractivity contribution >= 4 is 11.8 Å². The van der Waals surface area contributed by atoms with E-state index in [1.165, 1.54) is 11.6 Å². The molecule has 0 bridgehead atoms. The summed E-state index contributed by atoms with van der Waals surface area (Å²) in [6, 6.07) is 11.6. The van der Waals surface area contributed by atoms with Crippen LogP contribution in [0.5, 0.6) is 5.75 Å². The van der Waals surface area contributed by atoms with Crippen LogP contribution in [-0.4, -0.2) is 41.9 Å². The van der Waals surface area contributed by atoms with Crippen molar-refractivity contribution in [2.75, 3.05) is 20.2 Å². The Kier molecular flexibility index (Phi) is 7.00. The van der Waals surface area contributed by atoms with Crippen molar-refractivity contribution in [3.8, 4) is 5.75 Å². The van der Waals surface area contributed by atoms with Crippen LogP contribution < -0.4 is 10.1 Å². The predicted molar refractivity (Wildman–Crippen MR) is 112 cm³/mol. The molecule has 6 heteroatoms. The van der Waals surface area contributed by atoms with E-state index in [9.17, 15) is 9.59 Å². The summed E-state index contributed by atoms with van der Waals surface area (Å²) in [6.45, 7) is 5.17. The standard InChI is InChI=1S/C23H27N3O3/c1-3-22(27)25-16-20-15-19(8-11-24-20)23(28)26-12-9-17(10-13-26)14-18-6-4-5-7-21(18)29-2/h3-8,11,15,17H,1,9-10,12-14,16H2,2H3,(H,25,27). The van der Waals surface area contributed by atoms with E-state index >= 15 is 0 Å². The molecule has 2 amide bonds. The Labute approximate surface area is 171 Å². The first-order valence-corrected chi connectivity index (χ1v) is 9.87. The third-order valence-electron chi connectivity index (χ3n) is 5.30. The largest absolute Gasteiger partial charge is 0.496 e. The second-order valence-corrected chi connectivity index (χ2v) is 7.21. The number of benzene rings is 1. The van der Waals surface area contributed by atoms with E-state index in [4.69, 9.17) is 4.74 Å². The molecule has 0 unspecified atom stereocenters. The van der Waals surface area contributed by atoms with Crippen molar-refractivity contribution in [1.82, 2.24) is 15.2 Å². The zero-order chi connectivity index (χ0) is 20.6. The van der Waals surface area contributed by atoms with E-state index in [2.05, 4.69) is 22.9 Å². The average molecular weight is 393 g/mol. The first-order chi connectivity index (χ1) is 14.1. The molecule has 0 atom stereocenters. The molecule has 1 aromatic carbocycles. The number of pyridine rings is 1. The number of hydrogen-bond donors (Lipinski definition) is 1. The van der Waals surface area contributed by atoms with Crippen molar-refractivity contribution in [3.63, 3.8) is 0 Å². The summed E-state index contributed by atoms with van der Waals surface area (Å²) in [7, 11) is 1.70. The number of amides is 2. The topological polar surface area (TPSA) is 71.5 Å². The third-order valence-corrected chi connectivity index (χ3v) is 5.30. The number of carbonyl (C=O) groups excluding carboxylic acids is 2. The summed E-state index contributed by atoms with van der Waals surface area (Å²) in [5.74, 6) is 1.22. The zero-order valence-corrected chi connectivity index (χ0v) is 16.8. The highest BCUT2D eigenvalue weighted by Gasteiger charge is 2.24. The number of likely N-dealkylation sites (tertiary alicyclic amines) is 1. The molecule has 1 saturated heterocycles. The molecule has 2 heterocycles. The second-order valence-electron chi connectivity index (χ2n) is 7.21. The van der Waals surface area contributed by atoms with Crippen LogP contribution in [0.1, 0.15) is 34.5 Å². The molecule has 0 aliphatic carbocycles. The Hall–Kier alpha value is -3.15. The number of ether oxygens (including phenoxy) is 1. The summed E-state index contributed by atoms with van der Waals surface area (Å²) < 4.78 is 5.45. The lowest BCUT2D eigenvalue weighted by molar-refractivity contribution is -0.116. The van der Waals surface area contributed by atoms with Gasteiger partial charge in [-0.2, -0.15) is 0 Å². The lowest BCUT2D eigenvalue weighted by atomic mass is 9.89. The van der Waals surface area contributed by atoms with Crippen LogP contribution in [0.2, 0.25) is 0 Å². The molecule has 1 aliphatic heterocycles. The summed E-state index contributed by atoms with van der Waals surface area (Å²) in [4.78, 5) is 30.3.